The lowest BCUT2D eigenvalue weighted by atomic mass is 9.92. The van der Waals surface area contributed by atoms with Gasteiger partial charge in [0.2, 0.25) is 5.91 Å². The number of halogens is 3. The number of carbonyl (C=O) groups excluding carboxylic acids is 1. The van der Waals surface area contributed by atoms with E-state index in [1.807, 2.05) is 44.7 Å². The Morgan fingerprint density at radius 3 is 2.13 bits per heavy atom. The van der Waals surface area contributed by atoms with Crippen LogP contribution >= 0.6 is 11.3 Å². The number of hydrogen-bond donors (Lipinski definition) is 2. The number of hydrogen-bond acceptors (Lipinski definition) is 4. The molecule has 1 aliphatic heterocycles. The number of nitrogens with one attached hydrogen (secondary N) is 1. The summed E-state index contributed by atoms with van der Waals surface area (Å²) in [5, 5.41) is 5.41. The van der Waals surface area contributed by atoms with Gasteiger partial charge in [-0.3, -0.25) is 9.79 Å². The van der Waals surface area contributed by atoms with Crippen LogP contribution in [0.5, 0.6) is 0 Å². The Bertz CT molecular complexity index is 1330. The Morgan fingerprint density at radius 2 is 1.69 bits per heavy atom. The van der Waals surface area contributed by atoms with Crippen LogP contribution in [-0.2, 0) is 17.8 Å². The van der Waals surface area contributed by atoms with Gasteiger partial charge in [-0.15, -0.1) is 11.3 Å². The summed E-state index contributed by atoms with van der Waals surface area (Å²) in [6, 6.07) is 0. The zero-order valence-corrected chi connectivity index (χ0v) is 30.2. The van der Waals surface area contributed by atoms with Crippen LogP contribution in [0.1, 0.15) is 98.6 Å². The average Bonchev–Trinajstić information content (AvgIpc) is 3.39. The molecule has 2 rings (SSSR count). The molecule has 0 radical (unpaired) electrons. The Hall–Kier alpha value is -3.33. The zero-order valence-electron chi connectivity index (χ0n) is 29.4. The summed E-state index contributed by atoms with van der Waals surface area (Å²) >= 11 is 1.68. The van der Waals surface area contributed by atoms with E-state index >= 15 is 0 Å². The first-order valence-corrected chi connectivity index (χ1v) is 16.1. The highest BCUT2D eigenvalue weighted by Crippen LogP contribution is 2.32. The average molecular weight is 649 g/mol. The summed E-state index contributed by atoms with van der Waals surface area (Å²) in [6.07, 6.45) is 5.20. The number of aliphatic imine (C=N–C) groups is 1. The fourth-order valence-corrected chi connectivity index (χ4v) is 4.74. The van der Waals surface area contributed by atoms with Crippen LogP contribution in [0.25, 0.3) is 5.70 Å². The third-order valence-corrected chi connectivity index (χ3v) is 7.96. The minimum atomic E-state index is -4.26. The van der Waals surface area contributed by atoms with Crippen LogP contribution in [0.15, 0.2) is 75.3 Å². The third kappa shape index (κ3) is 14.1. The van der Waals surface area contributed by atoms with Crippen molar-refractivity contribution in [3.8, 4) is 0 Å². The van der Waals surface area contributed by atoms with Gasteiger partial charge in [-0.05, 0) is 59.6 Å². The number of amides is 1. The quantitative estimate of drug-likeness (QED) is 0.140. The first-order valence-electron chi connectivity index (χ1n) is 15.3. The molecule has 45 heavy (non-hydrogen) atoms. The van der Waals surface area contributed by atoms with Crippen LogP contribution in [0.4, 0.5) is 13.2 Å². The maximum Gasteiger partial charge on any atom is 0.416 e. The highest BCUT2D eigenvalue weighted by atomic mass is 32.1. The van der Waals surface area contributed by atoms with E-state index in [2.05, 4.69) is 56.9 Å². The molecule has 0 atom stereocenters. The van der Waals surface area contributed by atoms with E-state index in [0.717, 1.165) is 58.8 Å². The smallest absolute Gasteiger partial charge is 0.401 e. The van der Waals surface area contributed by atoms with E-state index in [1.54, 1.807) is 25.3 Å². The van der Waals surface area contributed by atoms with E-state index in [0.29, 0.717) is 12.4 Å². The van der Waals surface area contributed by atoms with Gasteiger partial charge in [0.25, 0.3) is 0 Å². The van der Waals surface area contributed by atoms with Gasteiger partial charge in [-0.2, -0.15) is 13.2 Å². The van der Waals surface area contributed by atoms with Gasteiger partial charge in [0.05, 0.1) is 12.1 Å². The van der Waals surface area contributed by atoms with Gasteiger partial charge in [0.15, 0.2) is 0 Å². The molecule has 2 heterocycles. The molecule has 9 heteroatoms. The largest absolute Gasteiger partial charge is 0.416 e. The van der Waals surface area contributed by atoms with Crippen molar-refractivity contribution in [1.82, 2.24) is 10.2 Å². The number of carbonyl (C=O) groups is 1. The maximum absolute atomic E-state index is 12.4. The SMILES string of the molecule is C/C=C(\C=C/C(C)=C(C)C)C(F)(F)F.C=C(NC(/C=C(\N)C(C)(C)C)=NC)c1csc2c1CCN(C(=O)/C(C)=C/C)C2.CCC. The molecule has 1 aliphatic rings. The molecular formula is C36H55F3N4OS. The summed E-state index contributed by atoms with van der Waals surface area (Å²) in [5.74, 6) is 0.803. The standard InChI is InChI=1S/C22H32N4OS.C11H15F3.C3H8/c1-8-14(2)21(27)26-10-9-16-17(13-28-18(16)12-26)15(3)25-20(24-7)11-19(23)22(4,5)6;1-5-10(11(12,13)14)7-6-9(4)8(2)3;1-3-2/h8,11,13H,3,9-10,12,23H2,1-2,4-7H3,(H,24,25);5-7H,1-4H3;3H2,1-2H3/b14-8+,19-11-;7-6-,10-5+;. The van der Waals surface area contributed by atoms with Gasteiger partial charge < -0.3 is 16.0 Å². The lowest BCUT2D eigenvalue weighted by molar-refractivity contribution is -0.127. The highest BCUT2D eigenvalue weighted by molar-refractivity contribution is 7.10. The highest BCUT2D eigenvalue weighted by Gasteiger charge is 2.30. The van der Waals surface area contributed by atoms with Gasteiger partial charge in [0, 0.05) is 51.8 Å². The monoisotopic (exact) mass is 648 g/mol. The number of fused-ring (bicyclic) bond motifs is 1. The molecule has 0 aromatic carbocycles. The summed E-state index contributed by atoms with van der Waals surface area (Å²) in [6.45, 7) is 26.7. The van der Waals surface area contributed by atoms with Crippen LogP contribution in [-0.4, -0.2) is 36.4 Å². The van der Waals surface area contributed by atoms with Crippen molar-refractivity contribution >= 4 is 28.8 Å². The number of nitrogens with two attached hydrogens (primary N) is 1. The second-order valence-electron chi connectivity index (χ2n) is 12.0. The lowest BCUT2D eigenvalue weighted by Crippen LogP contribution is -2.36. The number of alkyl halides is 3. The van der Waals surface area contributed by atoms with Crippen molar-refractivity contribution in [3.05, 3.63) is 86.3 Å². The molecule has 3 N–H and O–H groups in total. The number of allylic oxidation sites excluding steroid dienone is 8. The van der Waals surface area contributed by atoms with Gasteiger partial charge in [-0.1, -0.05) is 83.1 Å². The molecule has 0 fully saturated rings. The number of thiophene rings is 1. The van der Waals surface area contributed by atoms with Crippen LogP contribution < -0.4 is 11.1 Å². The van der Waals surface area contributed by atoms with Crippen molar-refractivity contribution < 1.29 is 18.0 Å². The van der Waals surface area contributed by atoms with Crippen molar-refractivity contribution in [2.24, 2.45) is 16.1 Å². The van der Waals surface area contributed by atoms with Gasteiger partial charge >= 0.3 is 6.18 Å². The fourth-order valence-electron chi connectivity index (χ4n) is 3.61. The molecule has 0 bridgehead atoms. The van der Waals surface area contributed by atoms with E-state index in [-0.39, 0.29) is 11.3 Å². The van der Waals surface area contributed by atoms with Crippen molar-refractivity contribution in [1.29, 1.82) is 0 Å². The fraction of sp³-hybridized carbons (Fsp3) is 0.500. The van der Waals surface area contributed by atoms with Crippen molar-refractivity contribution in [3.63, 3.8) is 0 Å². The third-order valence-electron chi connectivity index (χ3n) is 6.95. The lowest BCUT2D eigenvalue weighted by Gasteiger charge is -2.28. The predicted molar refractivity (Wildman–Crippen MR) is 189 cm³/mol. The molecule has 5 nitrogen and oxygen atoms in total. The molecule has 252 valence electrons. The normalized spacial score (nSPS) is 14.6. The Labute approximate surface area is 274 Å². The molecule has 0 saturated heterocycles. The zero-order chi connectivity index (χ0) is 35.1. The first kappa shape index (κ1) is 41.7. The second kappa shape index (κ2) is 19.2. The summed E-state index contributed by atoms with van der Waals surface area (Å²) < 4.78 is 36.7. The summed E-state index contributed by atoms with van der Waals surface area (Å²) in [4.78, 5) is 19.9. The second-order valence-corrected chi connectivity index (χ2v) is 13.0. The molecule has 0 saturated carbocycles. The number of amidine groups is 1. The molecule has 0 spiro atoms. The minimum Gasteiger partial charge on any atom is -0.401 e. The number of nitrogens with zero attached hydrogens (tertiary/aromatic N) is 2. The van der Waals surface area contributed by atoms with Gasteiger partial charge in [0.1, 0.15) is 5.84 Å². The van der Waals surface area contributed by atoms with E-state index in [9.17, 15) is 18.0 Å². The molecule has 1 amide bonds. The van der Waals surface area contributed by atoms with Crippen molar-refractivity contribution in [2.75, 3.05) is 13.6 Å². The maximum atomic E-state index is 12.4. The van der Waals surface area contributed by atoms with Crippen LogP contribution in [0.2, 0.25) is 0 Å². The Balaban J connectivity index is 0.000000956. The number of rotatable bonds is 6. The Morgan fingerprint density at radius 1 is 1.11 bits per heavy atom. The molecule has 1 aromatic rings. The minimum absolute atomic E-state index is 0.114. The van der Waals surface area contributed by atoms with E-state index in [1.165, 1.54) is 29.9 Å². The molecular weight excluding hydrogens is 593 g/mol. The van der Waals surface area contributed by atoms with Crippen LogP contribution in [0.3, 0.4) is 0 Å². The molecule has 1 aromatic heterocycles. The Kier molecular flexibility index (Phi) is 17.8. The van der Waals surface area contributed by atoms with Crippen molar-refractivity contribution in [2.45, 2.75) is 102 Å². The van der Waals surface area contributed by atoms with Crippen LogP contribution in [0, 0.1) is 5.41 Å². The van der Waals surface area contributed by atoms with E-state index < -0.39 is 11.7 Å². The summed E-state index contributed by atoms with van der Waals surface area (Å²) in [7, 11) is 1.73. The summed E-state index contributed by atoms with van der Waals surface area (Å²) in [5.41, 5.74) is 12.0. The topological polar surface area (TPSA) is 70.7 Å². The van der Waals surface area contributed by atoms with Gasteiger partial charge in [-0.25, -0.2) is 0 Å². The first-order chi connectivity index (χ1) is 20.8. The van der Waals surface area contributed by atoms with E-state index in [4.69, 9.17) is 5.73 Å². The molecule has 0 aliphatic carbocycles. The predicted octanol–water partition coefficient (Wildman–Crippen LogP) is 9.90. The molecule has 0 unspecified atom stereocenters.